The van der Waals surface area contributed by atoms with Crippen LogP contribution in [0.3, 0.4) is 0 Å². The summed E-state index contributed by atoms with van der Waals surface area (Å²) in [6, 6.07) is 10.1. The maximum Gasteiger partial charge on any atom is 1.00 e. The number of non-ortho nitro benzene ring substituents is 1. The Morgan fingerprint density at radius 1 is 0.843 bits per heavy atom. The number of sulfone groups is 1. The van der Waals surface area contributed by atoms with Gasteiger partial charge in [0, 0.05) is 36.3 Å². The number of azo groups is 1. The molecule has 270 valence electrons. The smallest absolute Gasteiger partial charge is 1.00 e. The Morgan fingerprint density at radius 3 is 2.10 bits per heavy atom. The van der Waals surface area contributed by atoms with Gasteiger partial charge in [0.25, 0.3) is 25.8 Å². The van der Waals surface area contributed by atoms with Crippen LogP contribution in [0.2, 0.25) is 0 Å². The van der Waals surface area contributed by atoms with Crippen molar-refractivity contribution in [2.75, 3.05) is 42.3 Å². The molecule has 0 saturated heterocycles. The Labute approximate surface area is 315 Å². The molecule has 4 aromatic rings. The van der Waals surface area contributed by atoms with E-state index in [4.69, 9.17) is 9.47 Å². The maximum atomic E-state index is 13.7. The summed E-state index contributed by atoms with van der Waals surface area (Å²) in [7, 11) is -16.6. The van der Waals surface area contributed by atoms with E-state index < -0.39 is 88.1 Å². The molecule has 51 heavy (non-hydrogen) atoms. The Hall–Kier alpha value is -3.94. The number of methoxy groups -OCH3 is 1. The SMILES string of the molecule is COCCOc1ccc(NS(=O)(=O)c2cc(N=Nc3ccc([N+](=O)[O-])cc3S(C)(=O)=O)c3c(NS(C)(=O)=O)cccc3c2O)cc1S(=O)(=O)O.[H-].[Na+]. The van der Waals surface area contributed by atoms with Crippen molar-refractivity contribution in [3.05, 3.63) is 70.8 Å². The molecule has 0 fully saturated rings. The molecule has 0 radical (unpaired) electrons. The summed E-state index contributed by atoms with van der Waals surface area (Å²) in [5, 5.41) is 29.8. The number of anilines is 2. The van der Waals surface area contributed by atoms with Crippen LogP contribution in [0, 0.1) is 10.1 Å². The molecular formula is C27H28N5NaO14S4. The molecule has 4 aromatic carbocycles. The largest absolute Gasteiger partial charge is 1.00 e. The summed E-state index contributed by atoms with van der Waals surface area (Å²) in [6.45, 7) is -0.0600. The molecule has 4 rings (SSSR count). The van der Waals surface area contributed by atoms with Crippen molar-refractivity contribution < 1.29 is 88.7 Å². The quantitative estimate of drug-likeness (QED) is 0.0344. The van der Waals surface area contributed by atoms with E-state index in [0.29, 0.717) is 0 Å². The van der Waals surface area contributed by atoms with Gasteiger partial charge in [0.1, 0.15) is 38.5 Å². The zero-order valence-corrected chi connectivity index (χ0v) is 32.2. The van der Waals surface area contributed by atoms with E-state index in [2.05, 4.69) is 19.7 Å². The van der Waals surface area contributed by atoms with E-state index in [9.17, 15) is 53.4 Å². The summed E-state index contributed by atoms with van der Waals surface area (Å²) >= 11 is 0. The number of benzene rings is 4. The summed E-state index contributed by atoms with van der Waals surface area (Å²) in [6.07, 6.45) is 1.58. The number of ether oxygens (including phenoxy) is 2. The number of sulfonamides is 2. The number of hydrogen-bond acceptors (Lipinski definition) is 15. The minimum Gasteiger partial charge on any atom is -1.00 e. The van der Waals surface area contributed by atoms with Gasteiger partial charge >= 0.3 is 29.6 Å². The summed E-state index contributed by atoms with van der Waals surface area (Å²) in [4.78, 5) is 8.14. The van der Waals surface area contributed by atoms with Gasteiger partial charge in [0.05, 0.1) is 34.8 Å². The van der Waals surface area contributed by atoms with Crippen molar-refractivity contribution in [3.8, 4) is 11.5 Å². The molecule has 0 aliphatic heterocycles. The summed E-state index contributed by atoms with van der Waals surface area (Å²) in [5.74, 6) is -1.24. The number of phenols is 1. The first-order valence-electron chi connectivity index (χ1n) is 13.5. The normalized spacial score (nSPS) is 12.4. The Morgan fingerprint density at radius 2 is 1.51 bits per heavy atom. The van der Waals surface area contributed by atoms with Crippen molar-refractivity contribution in [2.24, 2.45) is 10.2 Å². The molecule has 0 aliphatic carbocycles. The van der Waals surface area contributed by atoms with Crippen molar-refractivity contribution in [3.63, 3.8) is 0 Å². The van der Waals surface area contributed by atoms with E-state index in [1.807, 2.05) is 0 Å². The third kappa shape index (κ3) is 10.1. The molecule has 0 aromatic heterocycles. The van der Waals surface area contributed by atoms with Gasteiger partial charge in [-0.25, -0.2) is 25.3 Å². The summed E-state index contributed by atoms with van der Waals surface area (Å²) in [5.41, 5.74) is -2.01. The van der Waals surface area contributed by atoms with Crippen LogP contribution in [0.1, 0.15) is 1.43 Å². The predicted molar refractivity (Wildman–Crippen MR) is 180 cm³/mol. The first-order valence-corrected chi connectivity index (χ1v) is 20.3. The van der Waals surface area contributed by atoms with Crippen molar-refractivity contribution in [1.29, 1.82) is 0 Å². The number of aromatic hydroxyl groups is 1. The molecule has 0 amide bonds. The molecule has 0 bridgehead atoms. The Bertz CT molecular complexity index is 2500. The number of hydrogen-bond donors (Lipinski definition) is 4. The van der Waals surface area contributed by atoms with E-state index in [-0.39, 0.29) is 66.4 Å². The van der Waals surface area contributed by atoms with Gasteiger partial charge in [0.15, 0.2) is 9.84 Å². The summed E-state index contributed by atoms with van der Waals surface area (Å²) < 4.78 is 125. The molecule has 0 spiro atoms. The van der Waals surface area contributed by atoms with Gasteiger partial charge < -0.3 is 16.0 Å². The zero-order chi connectivity index (χ0) is 37.2. The van der Waals surface area contributed by atoms with Crippen LogP contribution < -0.4 is 43.7 Å². The molecule has 0 heterocycles. The molecule has 4 N–H and O–H groups in total. The molecule has 19 nitrogen and oxygen atoms in total. The van der Waals surface area contributed by atoms with Crippen molar-refractivity contribution in [1.82, 2.24) is 0 Å². The van der Waals surface area contributed by atoms with Crippen molar-refractivity contribution >= 4 is 79.2 Å². The van der Waals surface area contributed by atoms with Gasteiger partial charge in [0.2, 0.25) is 10.0 Å². The van der Waals surface area contributed by atoms with E-state index in [1.54, 1.807) is 0 Å². The topological polar surface area (TPSA) is 287 Å². The van der Waals surface area contributed by atoms with Crippen LogP contribution in [-0.2, 0) is 44.7 Å². The Kier molecular flexibility index (Phi) is 12.8. The van der Waals surface area contributed by atoms with Crippen molar-refractivity contribution in [2.45, 2.75) is 14.7 Å². The van der Waals surface area contributed by atoms with Gasteiger partial charge in [-0.1, -0.05) is 12.1 Å². The standard InChI is InChI=1S/C27H27N5O14S4.Na.H/c1-45-11-12-46-22-10-7-16(13-24(22)50(42,43)44)30-49(40,41)25-15-21(26-18(27(25)33)5-4-6-20(26)31-48(3,38)39)29-28-19-9-8-17(32(34)35)14-23(19)47(2,36)37;;/h4-10,13-15,30-31,33H,11-12H2,1-3H3,(H,42,43,44);;/q;+1;-1. The van der Waals surface area contributed by atoms with Crippen LogP contribution in [0.4, 0.5) is 28.4 Å². The third-order valence-electron chi connectivity index (χ3n) is 6.50. The molecule has 0 saturated carbocycles. The van der Waals surface area contributed by atoms with Gasteiger partial charge in [-0.15, -0.1) is 10.2 Å². The number of nitro groups is 1. The molecule has 24 heteroatoms. The zero-order valence-electron chi connectivity index (χ0n) is 28.0. The van der Waals surface area contributed by atoms with Gasteiger partial charge in [-0.3, -0.25) is 24.1 Å². The van der Waals surface area contributed by atoms with Crippen LogP contribution >= 0.6 is 0 Å². The average molecular weight is 798 g/mol. The number of phenolic OH excluding ortho intramolecular Hbond substituents is 1. The molecule has 0 aliphatic rings. The molecular weight excluding hydrogens is 770 g/mol. The van der Waals surface area contributed by atoms with Crippen LogP contribution in [0.15, 0.2) is 85.6 Å². The van der Waals surface area contributed by atoms with Crippen LogP contribution in [0.5, 0.6) is 11.5 Å². The number of fused-ring (bicyclic) bond motifs is 1. The second-order valence-electron chi connectivity index (χ2n) is 10.3. The monoisotopic (exact) mass is 797 g/mol. The van der Waals surface area contributed by atoms with Gasteiger partial charge in [-0.05, 0) is 36.4 Å². The molecule has 0 atom stereocenters. The maximum absolute atomic E-state index is 13.7. The minimum atomic E-state index is -4.95. The van der Waals surface area contributed by atoms with E-state index in [0.717, 1.165) is 55.0 Å². The first kappa shape index (κ1) is 41.5. The molecule has 0 unspecified atom stereocenters. The minimum absolute atomic E-state index is 0. The Balaban J connectivity index is 0.00000468. The van der Waals surface area contributed by atoms with E-state index >= 15 is 0 Å². The fraction of sp³-hybridized carbons (Fsp3) is 0.185. The predicted octanol–water partition coefficient (Wildman–Crippen LogP) is 0.833. The van der Waals surface area contributed by atoms with Crippen LogP contribution in [-0.4, -0.2) is 81.1 Å². The second-order valence-corrected chi connectivity index (χ2v) is 17.1. The van der Waals surface area contributed by atoms with Gasteiger partial charge in [-0.2, -0.15) is 8.42 Å². The number of nitro benzene ring substituents is 1. The van der Waals surface area contributed by atoms with Crippen LogP contribution in [0.25, 0.3) is 10.8 Å². The number of rotatable bonds is 14. The fourth-order valence-corrected chi connectivity index (χ4v) is 7.66. The first-order chi connectivity index (χ1) is 23.1. The third-order valence-corrected chi connectivity index (χ3v) is 10.5. The number of nitrogens with zero attached hydrogens (tertiary/aromatic N) is 3. The number of nitrogens with one attached hydrogen (secondary N) is 2. The van der Waals surface area contributed by atoms with E-state index in [1.165, 1.54) is 25.3 Å². The fourth-order valence-electron chi connectivity index (χ4n) is 4.43. The second kappa shape index (κ2) is 15.7. The average Bonchev–Trinajstić information content (AvgIpc) is 2.99.